The minimum Gasteiger partial charge on any atom is -0.461 e. The van der Waals surface area contributed by atoms with Crippen molar-refractivity contribution in [2.45, 2.75) is 191 Å². The smallest absolute Gasteiger partial charge is 0.349 e. The van der Waals surface area contributed by atoms with E-state index in [2.05, 4.69) is 24.9 Å². The van der Waals surface area contributed by atoms with Crippen molar-refractivity contribution in [3.8, 4) is 23.0 Å². The number of carbonyl (C=O) groups is 2. The van der Waals surface area contributed by atoms with Crippen molar-refractivity contribution < 1.29 is 89.1 Å². The minimum atomic E-state index is -2.10. The van der Waals surface area contributed by atoms with Crippen LogP contribution in [0.15, 0.2) is 43.4 Å². The lowest BCUT2D eigenvalue weighted by Crippen LogP contribution is -2.67. The van der Waals surface area contributed by atoms with Gasteiger partial charge < -0.3 is 93.5 Å². The normalized spacial score (nSPS) is 27.9. The van der Waals surface area contributed by atoms with Gasteiger partial charge in [-0.15, -0.1) is 0 Å². The molecular formula is C56H73N9O22. The molecule has 1 amide bonds. The number of aryl methyl sites for hydroxylation is 4. The number of aliphatic hydroxyl groups excluding tert-OH is 10. The number of nitrogens with one attached hydrogen (secondary N) is 2. The number of carbonyl (C=O) groups excluding carboxylic acids is 2. The molecule has 9 rings (SSSR count). The Balaban J connectivity index is 0.924. The van der Waals surface area contributed by atoms with Crippen LogP contribution in [0, 0.1) is 33.1 Å². The Morgan fingerprint density at radius 3 is 1.64 bits per heavy atom. The van der Waals surface area contributed by atoms with Crippen molar-refractivity contribution in [1.29, 1.82) is 0 Å². The monoisotopic (exact) mass is 1220 g/mol. The molecule has 3 saturated heterocycles. The van der Waals surface area contributed by atoms with E-state index < -0.39 is 176 Å². The zero-order valence-corrected chi connectivity index (χ0v) is 49.2. The number of aromatic amines is 2. The fraction of sp³-hybridized carbons (Fsp3) is 0.607. The summed E-state index contributed by atoms with van der Waals surface area (Å²) in [6, 6.07) is 5.27. The molecule has 31 nitrogen and oxygen atoms in total. The average Bonchev–Trinajstić information content (AvgIpc) is 1.57. The van der Waals surface area contributed by atoms with E-state index in [1.54, 1.807) is 79.7 Å². The SMILES string of the molecule is Cc1cc2nc3c(=O)[nH]c(=O)nc-3n(CC(O)C(O)C(O)COC(=O)C3OC(OC4C(O)C(CO)OC5C4N(C=O)[C@@](C)(OCC(O)C(O)C(O)Cn4c6nc(=O)[nH]c(=O)c-6nc6cc(C)c(C)cc64)C5(C)C)C(O)C(O)C3OC(C)(C)C)c2cc1C. The highest BCUT2D eigenvalue weighted by atomic mass is 16.7. The second kappa shape index (κ2) is 24.4. The predicted octanol–water partition coefficient (Wildman–Crippen LogP) is -4.14. The van der Waals surface area contributed by atoms with E-state index in [1.807, 2.05) is 11.9 Å². The lowest BCUT2D eigenvalue weighted by Gasteiger charge is -2.48. The van der Waals surface area contributed by atoms with Crippen molar-refractivity contribution in [3.63, 3.8) is 0 Å². The molecule has 7 heterocycles. The Bertz CT molecular complexity index is 3740. The van der Waals surface area contributed by atoms with Crippen molar-refractivity contribution in [3.05, 3.63) is 88.2 Å². The summed E-state index contributed by atoms with van der Waals surface area (Å²) in [6.07, 6.45) is -27.9. The van der Waals surface area contributed by atoms with E-state index >= 15 is 0 Å². The Labute approximate surface area is 494 Å². The number of likely N-dealkylation sites (tertiary alicyclic amines) is 1. The number of benzene rings is 2. The molecule has 0 saturated carbocycles. The van der Waals surface area contributed by atoms with Crippen LogP contribution >= 0.6 is 0 Å². The van der Waals surface area contributed by atoms with Gasteiger partial charge in [0.2, 0.25) is 6.41 Å². The maximum atomic E-state index is 14.2. The maximum Gasteiger partial charge on any atom is 0.349 e. The molecule has 17 atom stereocenters. The number of aromatic nitrogens is 8. The van der Waals surface area contributed by atoms with Crippen LogP contribution < -0.4 is 22.5 Å². The largest absolute Gasteiger partial charge is 0.461 e. The fourth-order valence-electron chi connectivity index (χ4n) is 11.6. The Hall–Kier alpha value is -6.66. The molecule has 7 aliphatic rings. The number of hydrogen-bond donors (Lipinski definition) is 12. The summed E-state index contributed by atoms with van der Waals surface area (Å²) in [5, 5.41) is 114. The van der Waals surface area contributed by atoms with Crippen LogP contribution in [0.3, 0.4) is 0 Å². The van der Waals surface area contributed by atoms with Gasteiger partial charge in [-0.05, 0) is 102 Å². The number of nitrogens with zero attached hydrogens (tertiary/aromatic N) is 7. The average molecular weight is 1220 g/mol. The van der Waals surface area contributed by atoms with Crippen LogP contribution in [0.2, 0.25) is 0 Å². The molecule has 0 aliphatic carbocycles. The minimum absolute atomic E-state index is 0.215. The topological polar surface area (TPSA) is 456 Å². The molecule has 474 valence electrons. The third-order valence-corrected chi connectivity index (χ3v) is 17.0. The second-order valence-electron chi connectivity index (χ2n) is 24.3. The van der Waals surface area contributed by atoms with Gasteiger partial charge in [0.1, 0.15) is 85.6 Å². The van der Waals surface area contributed by atoms with Crippen LogP contribution in [0.1, 0.15) is 63.8 Å². The van der Waals surface area contributed by atoms with Crippen LogP contribution in [0.4, 0.5) is 0 Å². The van der Waals surface area contributed by atoms with E-state index in [-0.39, 0.29) is 28.6 Å². The third kappa shape index (κ3) is 12.1. The van der Waals surface area contributed by atoms with Gasteiger partial charge in [0.15, 0.2) is 35.4 Å². The Kier molecular flexibility index (Phi) is 18.2. The molecule has 16 unspecified atom stereocenters. The van der Waals surface area contributed by atoms with Crippen LogP contribution in [0.5, 0.6) is 0 Å². The van der Waals surface area contributed by atoms with E-state index in [4.69, 9.17) is 28.4 Å². The fourth-order valence-corrected chi connectivity index (χ4v) is 11.6. The highest BCUT2D eigenvalue weighted by molar-refractivity contribution is 5.82. The van der Waals surface area contributed by atoms with Crippen molar-refractivity contribution in [2.24, 2.45) is 5.41 Å². The third-order valence-electron chi connectivity index (χ3n) is 17.0. The van der Waals surface area contributed by atoms with E-state index in [9.17, 15) is 79.8 Å². The lowest BCUT2D eigenvalue weighted by atomic mass is 9.76. The molecule has 0 bridgehead atoms. The second-order valence-corrected chi connectivity index (χ2v) is 24.3. The van der Waals surface area contributed by atoms with E-state index in [0.717, 1.165) is 27.2 Å². The quantitative estimate of drug-likeness (QED) is 0.0208. The van der Waals surface area contributed by atoms with Crippen molar-refractivity contribution in [2.75, 3.05) is 19.8 Å². The molecule has 2 aromatic rings. The first-order valence-corrected chi connectivity index (χ1v) is 28.0. The maximum absolute atomic E-state index is 14.2. The van der Waals surface area contributed by atoms with Gasteiger partial charge in [-0.25, -0.2) is 24.4 Å². The van der Waals surface area contributed by atoms with Crippen molar-refractivity contribution in [1.82, 2.24) is 43.9 Å². The van der Waals surface area contributed by atoms with Crippen LogP contribution in [-0.2, 0) is 51.1 Å². The number of H-pyrrole nitrogens is 2. The molecule has 0 radical (unpaired) electrons. The van der Waals surface area contributed by atoms with Gasteiger partial charge in [0.25, 0.3) is 11.1 Å². The first kappa shape index (κ1) is 64.8. The highest BCUT2D eigenvalue weighted by Crippen LogP contribution is 2.54. The molecule has 0 spiro atoms. The Morgan fingerprint density at radius 1 is 0.690 bits per heavy atom. The van der Waals surface area contributed by atoms with Gasteiger partial charge >= 0.3 is 17.3 Å². The van der Waals surface area contributed by atoms with Crippen molar-refractivity contribution >= 4 is 34.4 Å². The molecule has 31 heteroatoms. The molecule has 3 fully saturated rings. The number of esters is 1. The number of aliphatic hydroxyl groups is 10. The number of amides is 1. The van der Waals surface area contributed by atoms with Crippen LogP contribution in [-0.4, -0.2) is 236 Å². The summed E-state index contributed by atoms with van der Waals surface area (Å²) in [4.78, 5) is 99.9. The molecule has 2 aromatic carbocycles. The van der Waals surface area contributed by atoms with Gasteiger partial charge in [0, 0.05) is 5.41 Å². The first-order valence-electron chi connectivity index (χ1n) is 28.0. The van der Waals surface area contributed by atoms with Gasteiger partial charge in [0.05, 0.1) is 66.1 Å². The van der Waals surface area contributed by atoms with E-state index in [1.165, 1.54) is 16.1 Å². The highest BCUT2D eigenvalue weighted by Gasteiger charge is 2.69. The van der Waals surface area contributed by atoms with E-state index in [0.29, 0.717) is 23.0 Å². The summed E-state index contributed by atoms with van der Waals surface area (Å²) >= 11 is 0. The molecular weight excluding hydrogens is 1150 g/mol. The summed E-state index contributed by atoms with van der Waals surface area (Å²) in [6.45, 7) is 12.7. The summed E-state index contributed by atoms with van der Waals surface area (Å²) in [5.41, 5.74) is -4.34. The number of ether oxygens (including phenoxy) is 6. The standard InChI is InChI=1S/C56H73N9O22/c1-21-11-25-27(13-23(21)3)63(46-34(57-25)48(77)61-52(80)59-46)15-29(68)37(72)31(70)18-82-50(79)44-43(87-54(5,6)7)40(75)41(76)51(86-44)85-42-36-45(84-33(17-66)39(42)74)55(8,9)56(10,65(36)20-67)83-19-32(71)38(73)30(69)16-64-28-14-24(4)22(2)12-26(28)58-35-47(64)60-53(81)62-49(35)78/h11-14,20,29-33,36-45,51,66,68-76H,15-19H2,1-10H3,(H,61,77,80)(H,62,78,81)/t29?,30?,31?,32?,33?,36?,37?,38?,39?,40?,41?,42?,43?,44?,45?,51?,56-/m0/s1. The molecule has 87 heavy (non-hydrogen) atoms. The Morgan fingerprint density at radius 2 is 1.17 bits per heavy atom. The number of rotatable bonds is 19. The van der Waals surface area contributed by atoms with Gasteiger partial charge in [-0.3, -0.25) is 24.4 Å². The number of fused-ring (bicyclic) bond motifs is 5. The van der Waals surface area contributed by atoms with Gasteiger partial charge in [-0.1, -0.05) is 13.8 Å². The zero-order chi connectivity index (χ0) is 63.8. The summed E-state index contributed by atoms with van der Waals surface area (Å²) in [7, 11) is 0. The predicted molar refractivity (Wildman–Crippen MR) is 300 cm³/mol. The summed E-state index contributed by atoms with van der Waals surface area (Å²) in [5.74, 6) is -1.82. The molecule has 12 N–H and O–H groups in total. The van der Waals surface area contributed by atoms with Gasteiger partial charge in [-0.2, -0.15) is 9.97 Å². The number of hydrogen-bond acceptors (Lipinski definition) is 26. The lowest BCUT2D eigenvalue weighted by molar-refractivity contribution is -0.339. The molecule has 0 aromatic heterocycles. The summed E-state index contributed by atoms with van der Waals surface area (Å²) < 4.78 is 38.9. The molecule has 7 aliphatic heterocycles. The zero-order valence-electron chi connectivity index (χ0n) is 49.2. The van der Waals surface area contributed by atoms with Crippen LogP contribution in [0.25, 0.3) is 45.1 Å². The first-order chi connectivity index (χ1) is 40.7.